The Morgan fingerprint density at radius 2 is 1.58 bits per heavy atom. The summed E-state index contributed by atoms with van der Waals surface area (Å²) < 4.78 is 58.7. The Morgan fingerprint density at radius 1 is 0.842 bits per heavy atom. The van der Waals surface area contributed by atoms with Gasteiger partial charge in [0.15, 0.2) is 11.5 Å². The van der Waals surface area contributed by atoms with Crippen molar-refractivity contribution >= 4 is 15.7 Å². The van der Waals surface area contributed by atoms with Crippen LogP contribution in [0.3, 0.4) is 0 Å². The van der Waals surface area contributed by atoms with Crippen molar-refractivity contribution in [2.24, 2.45) is 0 Å². The highest BCUT2D eigenvalue weighted by Crippen LogP contribution is 2.53. The van der Waals surface area contributed by atoms with Crippen molar-refractivity contribution in [3.8, 4) is 23.0 Å². The molecule has 1 saturated carbocycles. The summed E-state index contributed by atoms with van der Waals surface area (Å²) in [5, 5.41) is 0. The van der Waals surface area contributed by atoms with Gasteiger partial charge in [-0.3, -0.25) is 4.72 Å². The van der Waals surface area contributed by atoms with E-state index < -0.39 is 16.1 Å². The Bertz CT molecular complexity index is 1460. The number of nitrogens with one attached hydrogen (secondary N) is 1. The summed E-state index contributed by atoms with van der Waals surface area (Å²) in [6.45, 7) is 0.819. The Morgan fingerprint density at radius 3 is 2.37 bits per heavy atom. The standard InChI is InChI=1S/C29H31NO7S/c1-33-24-12-13-25(34-2)28-27(24)21-8-3-4-9-22(21)37-29(28)18-6-5-7-19(16-18)30-38(31,32)20-10-11-23-26(17-20)36-15-14-35-23/h5-7,10-13,16-17,21-22,29-30H,3-4,8-9,14-15H2,1-2H3/t21-,22+,29+/m1/s1. The zero-order valence-corrected chi connectivity index (χ0v) is 22.3. The molecule has 3 atom stereocenters. The van der Waals surface area contributed by atoms with Gasteiger partial charge in [-0.05, 0) is 54.8 Å². The number of hydrogen-bond donors (Lipinski definition) is 1. The maximum Gasteiger partial charge on any atom is 0.262 e. The molecule has 3 aromatic rings. The minimum Gasteiger partial charge on any atom is -0.496 e. The van der Waals surface area contributed by atoms with E-state index in [1.54, 1.807) is 26.4 Å². The molecule has 8 nitrogen and oxygen atoms in total. The molecular weight excluding hydrogens is 506 g/mol. The van der Waals surface area contributed by atoms with Crippen LogP contribution in [0.25, 0.3) is 0 Å². The SMILES string of the molecule is COc1ccc(OC)c2c1[C@H](c1cccc(NS(=O)(=O)c3ccc4c(c3)OCCO4)c1)O[C@H]1CCCC[C@@H]21. The number of benzene rings is 3. The summed E-state index contributed by atoms with van der Waals surface area (Å²) in [7, 11) is -0.520. The van der Waals surface area contributed by atoms with E-state index in [0.717, 1.165) is 53.9 Å². The van der Waals surface area contributed by atoms with Gasteiger partial charge in [-0.25, -0.2) is 8.42 Å². The number of sulfonamides is 1. The average Bonchev–Trinajstić information content (AvgIpc) is 2.95. The van der Waals surface area contributed by atoms with Crippen LogP contribution >= 0.6 is 0 Å². The largest absolute Gasteiger partial charge is 0.496 e. The average molecular weight is 538 g/mol. The smallest absolute Gasteiger partial charge is 0.262 e. The number of methoxy groups -OCH3 is 2. The van der Waals surface area contributed by atoms with E-state index >= 15 is 0 Å². The van der Waals surface area contributed by atoms with Gasteiger partial charge >= 0.3 is 0 Å². The van der Waals surface area contributed by atoms with E-state index in [-0.39, 0.29) is 16.9 Å². The Kier molecular flexibility index (Phi) is 6.57. The number of ether oxygens (including phenoxy) is 5. The van der Waals surface area contributed by atoms with E-state index in [1.807, 2.05) is 30.3 Å². The fourth-order valence-electron chi connectivity index (χ4n) is 5.85. The molecule has 1 N–H and O–H groups in total. The molecule has 0 radical (unpaired) electrons. The molecule has 9 heteroatoms. The minimum atomic E-state index is -3.87. The van der Waals surface area contributed by atoms with Gasteiger partial charge in [0.25, 0.3) is 10.0 Å². The predicted molar refractivity (Wildman–Crippen MR) is 142 cm³/mol. The van der Waals surface area contributed by atoms with Crippen molar-refractivity contribution in [3.05, 3.63) is 71.3 Å². The second-order valence-corrected chi connectivity index (χ2v) is 11.5. The second kappa shape index (κ2) is 10.0. The van der Waals surface area contributed by atoms with Crippen molar-refractivity contribution in [1.29, 1.82) is 0 Å². The molecular formula is C29H31NO7S. The van der Waals surface area contributed by atoms with E-state index in [9.17, 15) is 8.42 Å². The van der Waals surface area contributed by atoms with Crippen molar-refractivity contribution in [2.75, 3.05) is 32.2 Å². The molecule has 2 aliphatic heterocycles. The van der Waals surface area contributed by atoms with Crippen LogP contribution in [-0.2, 0) is 14.8 Å². The monoisotopic (exact) mass is 537 g/mol. The van der Waals surface area contributed by atoms with Crippen LogP contribution in [0.4, 0.5) is 5.69 Å². The molecule has 0 spiro atoms. The lowest BCUT2D eigenvalue weighted by Crippen LogP contribution is -2.34. The van der Waals surface area contributed by atoms with Crippen molar-refractivity contribution in [2.45, 2.75) is 48.7 Å². The van der Waals surface area contributed by atoms with Gasteiger partial charge in [0.1, 0.15) is 30.8 Å². The van der Waals surface area contributed by atoms with E-state index in [0.29, 0.717) is 30.4 Å². The van der Waals surface area contributed by atoms with E-state index in [4.69, 9.17) is 23.7 Å². The molecule has 0 aromatic heterocycles. The number of anilines is 1. The lowest BCUT2D eigenvalue weighted by Gasteiger charge is -2.42. The molecule has 6 rings (SSSR count). The van der Waals surface area contributed by atoms with Gasteiger partial charge in [-0.1, -0.05) is 25.0 Å². The molecule has 0 bridgehead atoms. The highest BCUT2D eigenvalue weighted by Gasteiger charge is 2.41. The summed E-state index contributed by atoms with van der Waals surface area (Å²) in [4.78, 5) is 0.0999. The number of fused-ring (bicyclic) bond motifs is 4. The molecule has 1 aliphatic carbocycles. The lowest BCUT2D eigenvalue weighted by molar-refractivity contribution is -0.0406. The first-order valence-electron chi connectivity index (χ1n) is 12.9. The molecule has 3 aromatic carbocycles. The molecule has 200 valence electrons. The second-order valence-electron chi connectivity index (χ2n) is 9.78. The Hall–Kier alpha value is -3.43. The maximum absolute atomic E-state index is 13.3. The van der Waals surface area contributed by atoms with Crippen molar-refractivity contribution < 1.29 is 32.1 Å². The fourth-order valence-corrected chi connectivity index (χ4v) is 6.92. The van der Waals surface area contributed by atoms with E-state index in [1.165, 1.54) is 12.1 Å². The first-order valence-corrected chi connectivity index (χ1v) is 14.4. The third kappa shape index (κ3) is 4.43. The summed E-state index contributed by atoms with van der Waals surface area (Å²) in [6.07, 6.45) is 3.89. The normalized spacial score (nSPS) is 22.1. The van der Waals surface area contributed by atoms with Crippen molar-refractivity contribution in [3.63, 3.8) is 0 Å². The predicted octanol–water partition coefficient (Wildman–Crippen LogP) is 5.42. The summed E-state index contributed by atoms with van der Waals surface area (Å²) in [5.41, 5.74) is 3.36. The molecule has 3 aliphatic rings. The summed E-state index contributed by atoms with van der Waals surface area (Å²) >= 11 is 0. The molecule has 2 heterocycles. The zero-order chi connectivity index (χ0) is 26.3. The van der Waals surface area contributed by atoms with Crippen LogP contribution in [0, 0.1) is 0 Å². The molecule has 0 saturated heterocycles. The van der Waals surface area contributed by atoms with E-state index in [2.05, 4.69) is 4.72 Å². The topological polar surface area (TPSA) is 92.3 Å². The third-order valence-corrected chi connectivity index (χ3v) is 8.94. The molecule has 38 heavy (non-hydrogen) atoms. The van der Waals surface area contributed by atoms with Crippen LogP contribution in [0.15, 0.2) is 59.5 Å². The van der Waals surface area contributed by atoms with Gasteiger partial charge in [0.2, 0.25) is 0 Å². The Balaban J connectivity index is 1.36. The van der Waals surface area contributed by atoms with Crippen LogP contribution in [0.5, 0.6) is 23.0 Å². The van der Waals surface area contributed by atoms with Crippen LogP contribution in [0.1, 0.15) is 54.4 Å². The third-order valence-electron chi connectivity index (χ3n) is 7.56. The molecule has 0 amide bonds. The van der Waals surface area contributed by atoms with Gasteiger partial charge in [0.05, 0.1) is 25.2 Å². The highest BCUT2D eigenvalue weighted by molar-refractivity contribution is 7.92. The quantitative estimate of drug-likeness (QED) is 0.449. The van der Waals surface area contributed by atoms with Crippen LogP contribution in [-0.4, -0.2) is 42.0 Å². The van der Waals surface area contributed by atoms with Gasteiger partial charge in [-0.15, -0.1) is 0 Å². The molecule has 0 unspecified atom stereocenters. The summed E-state index contributed by atoms with van der Waals surface area (Å²) in [6, 6.07) is 15.8. The maximum atomic E-state index is 13.3. The first-order chi connectivity index (χ1) is 18.5. The zero-order valence-electron chi connectivity index (χ0n) is 21.4. The van der Waals surface area contributed by atoms with Gasteiger partial charge in [0, 0.05) is 28.8 Å². The van der Waals surface area contributed by atoms with Gasteiger partial charge in [-0.2, -0.15) is 0 Å². The fraction of sp³-hybridized carbons (Fsp3) is 0.379. The molecule has 1 fully saturated rings. The van der Waals surface area contributed by atoms with Gasteiger partial charge < -0.3 is 23.7 Å². The highest BCUT2D eigenvalue weighted by atomic mass is 32.2. The van der Waals surface area contributed by atoms with Crippen LogP contribution in [0.2, 0.25) is 0 Å². The number of rotatable bonds is 6. The minimum absolute atomic E-state index is 0.0559. The van der Waals surface area contributed by atoms with Crippen LogP contribution < -0.4 is 23.7 Å². The number of hydrogen-bond acceptors (Lipinski definition) is 7. The Labute approximate surface area is 222 Å². The summed E-state index contributed by atoms with van der Waals surface area (Å²) in [5.74, 6) is 2.76. The lowest BCUT2D eigenvalue weighted by atomic mass is 9.75. The first kappa shape index (κ1) is 24.9. The van der Waals surface area contributed by atoms with Crippen molar-refractivity contribution in [1.82, 2.24) is 0 Å².